The van der Waals surface area contributed by atoms with Gasteiger partial charge >= 0.3 is 15.5 Å². The van der Waals surface area contributed by atoms with E-state index in [-0.39, 0.29) is 10.7 Å². The third kappa shape index (κ3) is 5.68. The molecule has 0 N–H and O–H groups in total. The van der Waals surface area contributed by atoms with E-state index in [1.165, 1.54) is 14.2 Å². The SMILES string of the molecule is C=Cc1ccc(Cl)c(CCN(CC(OC)OC)S(=O)(=O)C(F)(F)F)c1. The first kappa shape index (κ1) is 21.9. The molecule has 0 heterocycles. The van der Waals surface area contributed by atoms with Crippen molar-refractivity contribution < 1.29 is 31.1 Å². The molecule has 0 amide bonds. The van der Waals surface area contributed by atoms with Crippen LogP contribution >= 0.6 is 11.6 Å². The lowest BCUT2D eigenvalue weighted by Gasteiger charge is -2.26. The first-order chi connectivity index (χ1) is 11.6. The summed E-state index contributed by atoms with van der Waals surface area (Å²) in [7, 11) is -3.13. The van der Waals surface area contributed by atoms with E-state index in [2.05, 4.69) is 6.58 Å². The highest BCUT2D eigenvalue weighted by Crippen LogP contribution is 2.28. The number of nitrogens with zero attached hydrogens (tertiary/aromatic N) is 1. The molecule has 5 nitrogen and oxygen atoms in total. The van der Waals surface area contributed by atoms with Crippen molar-refractivity contribution in [1.29, 1.82) is 0 Å². The summed E-state index contributed by atoms with van der Waals surface area (Å²) in [6.45, 7) is 2.56. The minimum Gasteiger partial charge on any atom is -0.354 e. The number of ether oxygens (including phenoxy) is 2. The normalized spacial score (nSPS) is 12.8. The summed E-state index contributed by atoms with van der Waals surface area (Å²) in [5.74, 6) is 0. The summed E-state index contributed by atoms with van der Waals surface area (Å²) < 4.78 is 72.2. The fourth-order valence-electron chi connectivity index (χ4n) is 2.03. The minimum absolute atomic E-state index is 0.0179. The van der Waals surface area contributed by atoms with Crippen LogP contribution < -0.4 is 0 Å². The molecule has 142 valence electrons. The van der Waals surface area contributed by atoms with E-state index >= 15 is 0 Å². The zero-order valence-electron chi connectivity index (χ0n) is 13.7. The lowest BCUT2D eigenvalue weighted by molar-refractivity contribution is -0.110. The van der Waals surface area contributed by atoms with Crippen molar-refractivity contribution in [1.82, 2.24) is 4.31 Å². The lowest BCUT2D eigenvalue weighted by Crippen LogP contribution is -2.46. The van der Waals surface area contributed by atoms with Crippen LogP contribution in [0.3, 0.4) is 0 Å². The van der Waals surface area contributed by atoms with Gasteiger partial charge in [0, 0.05) is 25.8 Å². The van der Waals surface area contributed by atoms with Gasteiger partial charge in [0.2, 0.25) is 0 Å². The molecule has 0 saturated heterocycles. The Morgan fingerprint density at radius 3 is 2.40 bits per heavy atom. The zero-order valence-corrected chi connectivity index (χ0v) is 15.3. The number of alkyl halides is 3. The third-order valence-corrected chi connectivity index (χ3v) is 5.41. The molecule has 1 rings (SSSR count). The van der Waals surface area contributed by atoms with Crippen LogP contribution in [0.15, 0.2) is 24.8 Å². The molecule has 0 aliphatic carbocycles. The van der Waals surface area contributed by atoms with Gasteiger partial charge in [-0.05, 0) is 23.6 Å². The Morgan fingerprint density at radius 2 is 1.92 bits per heavy atom. The van der Waals surface area contributed by atoms with Gasteiger partial charge in [0.25, 0.3) is 0 Å². The van der Waals surface area contributed by atoms with Crippen molar-refractivity contribution in [3.8, 4) is 0 Å². The molecule has 0 atom stereocenters. The number of methoxy groups -OCH3 is 2. The molecule has 0 radical (unpaired) electrons. The Hall–Kier alpha value is -1.13. The van der Waals surface area contributed by atoms with E-state index in [4.69, 9.17) is 21.1 Å². The number of hydrogen-bond acceptors (Lipinski definition) is 4. The second-order valence-electron chi connectivity index (χ2n) is 5.01. The molecule has 1 aromatic rings. The third-order valence-electron chi connectivity index (χ3n) is 3.45. The van der Waals surface area contributed by atoms with Crippen LogP contribution in [0.5, 0.6) is 0 Å². The molecule has 0 saturated carbocycles. The molecule has 0 unspecified atom stereocenters. The number of rotatable bonds is 9. The fraction of sp³-hybridized carbons (Fsp3) is 0.467. The van der Waals surface area contributed by atoms with E-state index in [1.54, 1.807) is 24.3 Å². The van der Waals surface area contributed by atoms with Crippen molar-refractivity contribution in [2.24, 2.45) is 0 Å². The van der Waals surface area contributed by atoms with Crippen LogP contribution in [0.25, 0.3) is 6.08 Å². The van der Waals surface area contributed by atoms with E-state index in [9.17, 15) is 21.6 Å². The predicted octanol–water partition coefficient (Wildman–Crippen LogP) is 3.30. The maximum absolute atomic E-state index is 12.9. The van der Waals surface area contributed by atoms with Gasteiger partial charge in [0.1, 0.15) is 0 Å². The van der Waals surface area contributed by atoms with Gasteiger partial charge in [-0.15, -0.1) is 0 Å². The van der Waals surface area contributed by atoms with Gasteiger partial charge in [0.15, 0.2) is 6.29 Å². The van der Waals surface area contributed by atoms with Gasteiger partial charge in [-0.3, -0.25) is 0 Å². The summed E-state index contributed by atoms with van der Waals surface area (Å²) in [6, 6.07) is 4.90. The predicted molar refractivity (Wildman–Crippen MR) is 89.6 cm³/mol. The monoisotopic (exact) mass is 401 g/mol. The number of hydrogen-bond donors (Lipinski definition) is 0. The maximum Gasteiger partial charge on any atom is 0.511 e. The van der Waals surface area contributed by atoms with Gasteiger partial charge in [0.05, 0.1) is 6.54 Å². The largest absolute Gasteiger partial charge is 0.511 e. The van der Waals surface area contributed by atoms with Gasteiger partial charge in [-0.25, -0.2) is 8.42 Å². The fourth-order valence-corrected chi connectivity index (χ4v) is 3.18. The van der Waals surface area contributed by atoms with Crippen molar-refractivity contribution >= 4 is 27.7 Å². The summed E-state index contributed by atoms with van der Waals surface area (Å²) >= 11 is 6.03. The Bertz CT molecular complexity index is 691. The minimum atomic E-state index is -5.54. The average Bonchev–Trinajstić information content (AvgIpc) is 2.55. The number of halogens is 4. The van der Waals surface area contributed by atoms with Gasteiger partial charge in [-0.2, -0.15) is 17.5 Å². The van der Waals surface area contributed by atoms with E-state index in [0.29, 0.717) is 10.6 Å². The quantitative estimate of drug-likeness (QED) is 0.596. The number of benzene rings is 1. The zero-order chi connectivity index (χ0) is 19.3. The highest BCUT2D eigenvalue weighted by atomic mass is 35.5. The van der Waals surface area contributed by atoms with Crippen LogP contribution in [-0.2, 0) is 25.9 Å². The van der Waals surface area contributed by atoms with Crippen LogP contribution in [0, 0.1) is 0 Å². The molecule has 1 aromatic carbocycles. The summed E-state index contributed by atoms with van der Waals surface area (Å²) in [5, 5.41) is 0.324. The van der Waals surface area contributed by atoms with Crippen molar-refractivity contribution in [3.63, 3.8) is 0 Å². The van der Waals surface area contributed by atoms with Crippen LogP contribution in [0.2, 0.25) is 5.02 Å². The standard InChI is InChI=1S/C15H19ClF3NO4S/c1-4-11-5-6-13(16)12(9-11)7-8-20(10-14(23-2)24-3)25(21,22)15(17,18)19/h4-6,9,14H,1,7-8,10H2,2-3H3. The topological polar surface area (TPSA) is 55.8 Å². The summed E-state index contributed by atoms with van der Waals surface area (Å²) in [5.41, 5.74) is -4.20. The highest BCUT2D eigenvalue weighted by molar-refractivity contribution is 7.90. The highest BCUT2D eigenvalue weighted by Gasteiger charge is 2.50. The van der Waals surface area contributed by atoms with Crippen molar-refractivity contribution in [2.75, 3.05) is 27.3 Å². The lowest BCUT2D eigenvalue weighted by atomic mass is 10.1. The second kappa shape index (κ2) is 9.00. The molecular formula is C15H19ClF3NO4S. The van der Waals surface area contributed by atoms with E-state index in [0.717, 1.165) is 5.56 Å². The molecule has 25 heavy (non-hydrogen) atoms. The number of sulfonamides is 1. The van der Waals surface area contributed by atoms with Gasteiger partial charge in [-0.1, -0.05) is 36.4 Å². The molecular weight excluding hydrogens is 383 g/mol. The molecule has 10 heteroatoms. The Morgan fingerprint density at radius 1 is 1.32 bits per heavy atom. The molecule has 0 aliphatic rings. The maximum atomic E-state index is 12.9. The average molecular weight is 402 g/mol. The van der Waals surface area contributed by atoms with Crippen LogP contribution in [-0.4, -0.2) is 51.8 Å². The van der Waals surface area contributed by atoms with E-state index < -0.39 is 34.9 Å². The Kier molecular flexibility index (Phi) is 7.88. The first-order valence-corrected chi connectivity index (χ1v) is 8.91. The Balaban J connectivity index is 3.07. The van der Waals surface area contributed by atoms with E-state index in [1.807, 2.05) is 0 Å². The molecule has 0 aromatic heterocycles. The molecule has 0 bridgehead atoms. The summed E-state index contributed by atoms with van der Waals surface area (Å²) in [6.07, 6.45) is 0.401. The molecule has 0 aliphatic heterocycles. The smallest absolute Gasteiger partial charge is 0.354 e. The molecule has 0 spiro atoms. The summed E-state index contributed by atoms with van der Waals surface area (Å²) in [4.78, 5) is 0. The van der Waals surface area contributed by atoms with Crippen molar-refractivity contribution in [2.45, 2.75) is 18.2 Å². The Labute approximate surface area is 150 Å². The first-order valence-electron chi connectivity index (χ1n) is 7.09. The van der Waals surface area contributed by atoms with Crippen molar-refractivity contribution in [3.05, 3.63) is 40.9 Å². The van der Waals surface area contributed by atoms with Gasteiger partial charge < -0.3 is 9.47 Å². The van der Waals surface area contributed by atoms with Crippen LogP contribution in [0.1, 0.15) is 11.1 Å². The second-order valence-corrected chi connectivity index (χ2v) is 7.35. The van der Waals surface area contributed by atoms with Crippen LogP contribution in [0.4, 0.5) is 13.2 Å². The molecule has 0 fully saturated rings.